The average Bonchev–Trinajstić information content (AvgIpc) is 2.30. The molecule has 0 saturated heterocycles. The highest BCUT2D eigenvalue weighted by molar-refractivity contribution is 9.10. The molecule has 0 radical (unpaired) electrons. The molecule has 2 nitrogen and oxygen atoms in total. The molecule has 2 N–H and O–H groups in total. The zero-order chi connectivity index (χ0) is 11.5. The molecule has 1 heterocycles. The first-order valence-corrected chi connectivity index (χ1v) is 5.90. The van der Waals surface area contributed by atoms with Crippen molar-refractivity contribution in [2.45, 2.75) is 13.0 Å². The number of benzene rings is 1. The number of rotatable bonds is 2. The smallest absolute Gasteiger partial charge is 0.0566 e. The summed E-state index contributed by atoms with van der Waals surface area (Å²) in [5.41, 5.74) is 9.29. The van der Waals surface area contributed by atoms with Crippen LogP contribution in [0.1, 0.15) is 22.9 Å². The van der Waals surface area contributed by atoms with Crippen LogP contribution in [0.4, 0.5) is 0 Å². The van der Waals surface area contributed by atoms with Gasteiger partial charge < -0.3 is 5.73 Å². The Morgan fingerprint density at radius 1 is 1.06 bits per heavy atom. The molecule has 0 bridgehead atoms. The number of aromatic nitrogens is 1. The predicted octanol–water partition coefficient (Wildman–Crippen LogP) is 3.20. The van der Waals surface area contributed by atoms with Crippen LogP contribution in [0.25, 0.3) is 0 Å². The summed E-state index contributed by atoms with van der Waals surface area (Å²) in [4.78, 5) is 4.25. The van der Waals surface area contributed by atoms with Crippen molar-refractivity contribution in [2.75, 3.05) is 0 Å². The number of nitrogens with zero attached hydrogens (tertiary/aromatic N) is 1. The van der Waals surface area contributed by atoms with Gasteiger partial charge in [0.1, 0.15) is 0 Å². The zero-order valence-electron chi connectivity index (χ0n) is 9.02. The van der Waals surface area contributed by atoms with Crippen molar-refractivity contribution in [2.24, 2.45) is 5.73 Å². The maximum absolute atomic E-state index is 6.16. The van der Waals surface area contributed by atoms with E-state index < -0.39 is 0 Å². The maximum atomic E-state index is 6.16. The quantitative estimate of drug-likeness (QED) is 0.915. The fraction of sp³-hybridized carbons (Fsp3) is 0.154. The van der Waals surface area contributed by atoms with E-state index in [2.05, 4.69) is 20.9 Å². The molecular weight excluding hydrogens is 264 g/mol. The van der Waals surface area contributed by atoms with Gasteiger partial charge in [0, 0.05) is 16.4 Å². The second-order valence-corrected chi connectivity index (χ2v) is 4.68. The normalized spacial score (nSPS) is 12.4. The molecule has 82 valence electrons. The highest BCUT2D eigenvalue weighted by Gasteiger charge is 2.08. The molecule has 3 heteroatoms. The Balaban J connectivity index is 2.28. The summed E-state index contributed by atoms with van der Waals surface area (Å²) in [5, 5.41) is 0. The second kappa shape index (κ2) is 4.76. The summed E-state index contributed by atoms with van der Waals surface area (Å²) in [7, 11) is 0. The van der Waals surface area contributed by atoms with Gasteiger partial charge in [-0.15, -0.1) is 0 Å². The number of nitrogens with two attached hydrogens (primary N) is 1. The molecule has 0 aliphatic heterocycles. The van der Waals surface area contributed by atoms with E-state index in [4.69, 9.17) is 5.73 Å². The van der Waals surface area contributed by atoms with E-state index in [1.165, 1.54) is 0 Å². The first kappa shape index (κ1) is 11.3. The van der Waals surface area contributed by atoms with Crippen LogP contribution in [0.5, 0.6) is 0 Å². The molecule has 0 amide bonds. The van der Waals surface area contributed by atoms with E-state index in [9.17, 15) is 0 Å². The van der Waals surface area contributed by atoms with Crippen LogP contribution in [0, 0.1) is 6.92 Å². The van der Waals surface area contributed by atoms with Crippen LogP contribution in [0.2, 0.25) is 0 Å². The van der Waals surface area contributed by atoms with E-state index in [1.54, 1.807) is 0 Å². The van der Waals surface area contributed by atoms with Gasteiger partial charge in [-0.3, -0.25) is 4.98 Å². The van der Waals surface area contributed by atoms with Crippen LogP contribution in [-0.4, -0.2) is 4.98 Å². The topological polar surface area (TPSA) is 38.9 Å². The van der Waals surface area contributed by atoms with Gasteiger partial charge in [-0.1, -0.05) is 34.1 Å². The molecule has 0 fully saturated rings. The molecule has 0 aliphatic carbocycles. The standard InChI is InChI=1S/C13H13BrN2/c1-9-2-3-11(8-16-9)13(15)10-4-6-12(14)7-5-10/h2-8,13H,15H2,1H3. The number of aryl methyl sites for hydroxylation is 1. The fourth-order valence-electron chi connectivity index (χ4n) is 1.53. The highest BCUT2D eigenvalue weighted by atomic mass is 79.9. The van der Waals surface area contributed by atoms with Crippen LogP contribution in [-0.2, 0) is 0 Å². The summed E-state index contributed by atoms with van der Waals surface area (Å²) in [6.45, 7) is 1.97. The van der Waals surface area contributed by atoms with E-state index in [0.29, 0.717) is 0 Å². The summed E-state index contributed by atoms with van der Waals surface area (Å²) in [6.07, 6.45) is 1.84. The first-order chi connectivity index (χ1) is 7.66. The van der Waals surface area contributed by atoms with Crippen LogP contribution in [0.3, 0.4) is 0 Å². The molecule has 1 aromatic heterocycles. The Labute approximate surface area is 104 Å². The number of hydrogen-bond donors (Lipinski definition) is 1. The minimum absolute atomic E-state index is 0.110. The van der Waals surface area contributed by atoms with Crippen molar-refractivity contribution in [1.82, 2.24) is 4.98 Å². The number of halogens is 1. The lowest BCUT2D eigenvalue weighted by molar-refractivity contribution is 0.860. The van der Waals surface area contributed by atoms with E-state index in [-0.39, 0.29) is 6.04 Å². The SMILES string of the molecule is Cc1ccc(C(N)c2ccc(Br)cc2)cn1. The van der Waals surface area contributed by atoms with Crippen molar-refractivity contribution in [3.05, 3.63) is 63.9 Å². The number of pyridine rings is 1. The van der Waals surface area contributed by atoms with Crippen molar-refractivity contribution >= 4 is 15.9 Å². The van der Waals surface area contributed by atoms with Gasteiger partial charge in [0.2, 0.25) is 0 Å². The second-order valence-electron chi connectivity index (χ2n) is 3.76. The molecular formula is C13H13BrN2. The molecule has 16 heavy (non-hydrogen) atoms. The molecule has 1 aromatic carbocycles. The van der Waals surface area contributed by atoms with Gasteiger partial charge in [-0.2, -0.15) is 0 Å². The van der Waals surface area contributed by atoms with Crippen molar-refractivity contribution in [3.8, 4) is 0 Å². The fourth-order valence-corrected chi connectivity index (χ4v) is 1.79. The Bertz CT molecular complexity index is 417. The third-order valence-corrected chi connectivity index (χ3v) is 3.05. The van der Waals surface area contributed by atoms with Crippen molar-refractivity contribution in [3.63, 3.8) is 0 Å². The largest absolute Gasteiger partial charge is 0.320 e. The minimum atomic E-state index is -0.110. The van der Waals surface area contributed by atoms with E-state index in [0.717, 1.165) is 21.3 Å². The Hall–Kier alpha value is -1.19. The number of hydrogen-bond acceptors (Lipinski definition) is 2. The average molecular weight is 277 g/mol. The van der Waals surface area contributed by atoms with Gasteiger partial charge >= 0.3 is 0 Å². The maximum Gasteiger partial charge on any atom is 0.0566 e. The molecule has 2 rings (SSSR count). The predicted molar refractivity (Wildman–Crippen MR) is 69.1 cm³/mol. The van der Waals surface area contributed by atoms with Crippen molar-refractivity contribution < 1.29 is 0 Å². The van der Waals surface area contributed by atoms with Crippen molar-refractivity contribution in [1.29, 1.82) is 0 Å². The lowest BCUT2D eigenvalue weighted by atomic mass is 10.0. The van der Waals surface area contributed by atoms with E-state index in [1.807, 2.05) is 49.5 Å². The summed E-state index contributed by atoms with van der Waals surface area (Å²) in [6, 6.07) is 11.9. The molecule has 1 unspecified atom stereocenters. The lowest BCUT2D eigenvalue weighted by Gasteiger charge is -2.12. The van der Waals surface area contributed by atoms with Gasteiger partial charge in [-0.25, -0.2) is 0 Å². The summed E-state index contributed by atoms with van der Waals surface area (Å²) in [5.74, 6) is 0. The molecule has 1 atom stereocenters. The van der Waals surface area contributed by atoms with Crippen LogP contribution < -0.4 is 5.73 Å². The lowest BCUT2D eigenvalue weighted by Crippen LogP contribution is -2.11. The summed E-state index contributed by atoms with van der Waals surface area (Å²) < 4.78 is 1.06. The van der Waals surface area contributed by atoms with Gasteiger partial charge in [0.05, 0.1) is 6.04 Å². The Morgan fingerprint density at radius 2 is 1.69 bits per heavy atom. The van der Waals surface area contributed by atoms with Gasteiger partial charge in [0.15, 0.2) is 0 Å². The molecule has 2 aromatic rings. The summed E-state index contributed by atoms with van der Waals surface area (Å²) >= 11 is 3.41. The van der Waals surface area contributed by atoms with Gasteiger partial charge in [-0.05, 0) is 36.2 Å². The van der Waals surface area contributed by atoms with Gasteiger partial charge in [0.25, 0.3) is 0 Å². The monoisotopic (exact) mass is 276 g/mol. The molecule has 0 spiro atoms. The Morgan fingerprint density at radius 3 is 2.25 bits per heavy atom. The Kier molecular flexibility index (Phi) is 3.36. The molecule has 0 saturated carbocycles. The van der Waals surface area contributed by atoms with Crippen LogP contribution >= 0.6 is 15.9 Å². The third-order valence-electron chi connectivity index (χ3n) is 2.52. The minimum Gasteiger partial charge on any atom is -0.320 e. The van der Waals surface area contributed by atoms with Crippen LogP contribution in [0.15, 0.2) is 47.1 Å². The molecule has 0 aliphatic rings. The zero-order valence-corrected chi connectivity index (χ0v) is 10.6. The third kappa shape index (κ3) is 2.49. The van der Waals surface area contributed by atoms with E-state index >= 15 is 0 Å². The first-order valence-electron chi connectivity index (χ1n) is 5.10. The highest BCUT2D eigenvalue weighted by Crippen LogP contribution is 2.20.